The molecule has 8 nitrogen and oxygen atoms in total. The lowest BCUT2D eigenvalue weighted by Gasteiger charge is -2.29. The maximum Gasteiger partial charge on any atom is 0.157 e. The van der Waals surface area contributed by atoms with Crippen molar-refractivity contribution in [2.45, 2.75) is 0 Å². The van der Waals surface area contributed by atoms with Gasteiger partial charge in [-0.3, -0.25) is 10.1 Å². The lowest BCUT2D eigenvalue weighted by molar-refractivity contribution is 0.469. The van der Waals surface area contributed by atoms with E-state index in [1.165, 1.54) is 12.1 Å². The average Bonchev–Trinajstić information content (AvgIpc) is 3.37. The molecule has 5 aromatic rings. The summed E-state index contributed by atoms with van der Waals surface area (Å²) in [5.41, 5.74) is 4.89. The molecule has 0 aliphatic carbocycles. The van der Waals surface area contributed by atoms with E-state index >= 15 is 0 Å². The first kappa shape index (κ1) is 22.6. The predicted molar refractivity (Wildman–Crippen MR) is 139 cm³/mol. The molecule has 182 valence electrons. The summed E-state index contributed by atoms with van der Waals surface area (Å²) in [6, 6.07) is 17.8. The molecule has 0 radical (unpaired) electrons. The molecule has 1 fully saturated rings. The highest BCUT2D eigenvalue weighted by Gasteiger charge is 2.24. The molecule has 3 aromatic heterocycles. The van der Waals surface area contributed by atoms with Crippen LogP contribution in [0.15, 0.2) is 67.0 Å². The number of pyridine rings is 2. The van der Waals surface area contributed by atoms with Crippen molar-refractivity contribution >= 4 is 16.7 Å². The number of H-pyrrole nitrogens is 1. The second-order valence-corrected chi connectivity index (χ2v) is 8.80. The molecule has 1 saturated heterocycles. The van der Waals surface area contributed by atoms with Gasteiger partial charge in [0.2, 0.25) is 0 Å². The minimum absolute atomic E-state index is 0.120. The second-order valence-electron chi connectivity index (χ2n) is 8.80. The zero-order chi connectivity index (χ0) is 25.4. The topological polar surface area (TPSA) is 114 Å². The number of phenols is 1. The number of nitriles is 1. The highest BCUT2D eigenvalue weighted by molar-refractivity contribution is 6.06. The van der Waals surface area contributed by atoms with Gasteiger partial charge in [-0.25, -0.2) is 9.37 Å². The molecule has 3 N–H and O–H groups in total. The Labute approximate surface area is 212 Å². The predicted octanol–water partition coefficient (Wildman–Crippen LogP) is 4.48. The van der Waals surface area contributed by atoms with Gasteiger partial charge in [0.1, 0.15) is 23.3 Å². The zero-order valence-electron chi connectivity index (χ0n) is 19.7. The van der Waals surface area contributed by atoms with Crippen molar-refractivity contribution in [2.24, 2.45) is 0 Å². The number of rotatable bonds is 4. The Balaban J connectivity index is 1.61. The van der Waals surface area contributed by atoms with Crippen molar-refractivity contribution in [3.05, 3.63) is 78.4 Å². The maximum atomic E-state index is 15.0. The van der Waals surface area contributed by atoms with Gasteiger partial charge in [-0.2, -0.15) is 10.4 Å². The van der Waals surface area contributed by atoms with E-state index in [0.29, 0.717) is 22.3 Å². The maximum absolute atomic E-state index is 15.0. The van der Waals surface area contributed by atoms with Gasteiger partial charge < -0.3 is 15.3 Å². The van der Waals surface area contributed by atoms with E-state index in [0.717, 1.165) is 49.1 Å². The van der Waals surface area contributed by atoms with Crippen LogP contribution in [0.1, 0.15) is 5.56 Å². The number of aromatic hydroxyl groups is 1. The van der Waals surface area contributed by atoms with Gasteiger partial charge in [-0.1, -0.05) is 12.1 Å². The van der Waals surface area contributed by atoms with Crippen molar-refractivity contribution in [1.82, 2.24) is 25.5 Å². The molecule has 1 aliphatic rings. The Morgan fingerprint density at radius 1 is 0.946 bits per heavy atom. The van der Waals surface area contributed by atoms with Crippen molar-refractivity contribution in [3.8, 4) is 45.5 Å². The minimum Gasteiger partial charge on any atom is -0.508 e. The van der Waals surface area contributed by atoms with Crippen LogP contribution >= 0.6 is 0 Å². The molecule has 0 bridgehead atoms. The Bertz CT molecular complexity index is 1640. The zero-order valence-corrected chi connectivity index (χ0v) is 19.7. The highest BCUT2D eigenvalue weighted by Crippen LogP contribution is 2.41. The molecule has 0 atom stereocenters. The molecule has 0 amide bonds. The number of benzene rings is 2. The van der Waals surface area contributed by atoms with Crippen LogP contribution in [0.3, 0.4) is 0 Å². The molecule has 4 heterocycles. The number of fused-ring (bicyclic) bond motifs is 1. The number of phenolic OH excluding ortho intramolecular Hbond substituents is 1. The number of nitrogens with zero attached hydrogens (tertiary/aromatic N) is 5. The monoisotopic (exact) mass is 491 g/mol. The quantitative estimate of drug-likeness (QED) is 0.340. The Morgan fingerprint density at radius 3 is 2.41 bits per heavy atom. The normalized spacial score (nSPS) is 13.6. The van der Waals surface area contributed by atoms with Gasteiger partial charge in [0.05, 0.1) is 16.6 Å². The second kappa shape index (κ2) is 9.33. The van der Waals surface area contributed by atoms with E-state index in [2.05, 4.69) is 36.5 Å². The van der Waals surface area contributed by atoms with Crippen LogP contribution in [-0.2, 0) is 0 Å². The summed E-state index contributed by atoms with van der Waals surface area (Å²) in [7, 11) is 0. The molecule has 37 heavy (non-hydrogen) atoms. The van der Waals surface area contributed by atoms with E-state index in [-0.39, 0.29) is 22.6 Å². The number of piperazine rings is 1. The summed E-state index contributed by atoms with van der Waals surface area (Å²) in [4.78, 5) is 11.0. The molecule has 2 aromatic carbocycles. The van der Waals surface area contributed by atoms with Crippen LogP contribution in [-0.4, -0.2) is 51.5 Å². The lowest BCUT2D eigenvalue weighted by Crippen LogP contribution is -2.43. The summed E-state index contributed by atoms with van der Waals surface area (Å²) in [6.07, 6.45) is 3.35. The molecule has 0 unspecified atom stereocenters. The Morgan fingerprint density at radius 2 is 1.70 bits per heavy atom. The first-order valence-electron chi connectivity index (χ1n) is 11.9. The van der Waals surface area contributed by atoms with Crippen LogP contribution < -0.4 is 10.2 Å². The summed E-state index contributed by atoms with van der Waals surface area (Å²) in [6.45, 7) is 3.69. The van der Waals surface area contributed by atoms with Crippen LogP contribution in [0.2, 0.25) is 0 Å². The SMILES string of the molecule is N#Cc1c(-c2ccc(O)cc2F)nc2[nH]nc(-c3ccncc3)c2c1-c1ccc(N2CCNCC2)cc1. The van der Waals surface area contributed by atoms with Crippen molar-refractivity contribution < 1.29 is 9.50 Å². The van der Waals surface area contributed by atoms with Gasteiger partial charge in [0, 0.05) is 67.0 Å². The first-order valence-corrected chi connectivity index (χ1v) is 11.9. The highest BCUT2D eigenvalue weighted by atomic mass is 19.1. The third kappa shape index (κ3) is 4.03. The number of hydrogen-bond donors (Lipinski definition) is 3. The fourth-order valence-corrected chi connectivity index (χ4v) is 4.83. The summed E-state index contributed by atoms with van der Waals surface area (Å²) in [5, 5.41) is 31.6. The van der Waals surface area contributed by atoms with E-state index in [9.17, 15) is 14.8 Å². The third-order valence-corrected chi connectivity index (χ3v) is 6.62. The van der Waals surface area contributed by atoms with Crippen molar-refractivity contribution in [1.29, 1.82) is 5.26 Å². The Kier molecular flexibility index (Phi) is 5.71. The fraction of sp³-hybridized carbons (Fsp3) is 0.143. The van der Waals surface area contributed by atoms with Crippen molar-refractivity contribution in [3.63, 3.8) is 0 Å². The number of aromatic amines is 1. The molecule has 1 aliphatic heterocycles. The number of halogens is 1. The van der Waals surface area contributed by atoms with E-state index < -0.39 is 5.82 Å². The third-order valence-electron chi connectivity index (χ3n) is 6.62. The number of nitrogens with one attached hydrogen (secondary N) is 2. The number of aromatic nitrogens is 4. The standard InChI is InChI=1S/C28H22FN7O/c29-23-15-20(37)5-6-21(23)27-22(16-30)24(17-1-3-19(4-2-17)36-13-11-32-12-14-36)25-26(34-35-28(25)33-27)18-7-9-31-10-8-18/h1-10,15,32,37H,11-14H2,(H,33,34,35). The van der Waals surface area contributed by atoms with E-state index in [1.54, 1.807) is 12.4 Å². The lowest BCUT2D eigenvalue weighted by atomic mass is 9.92. The van der Waals surface area contributed by atoms with Gasteiger partial charge >= 0.3 is 0 Å². The summed E-state index contributed by atoms with van der Waals surface area (Å²) >= 11 is 0. The summed E-state index contributed by atoms with van der Waals surface area (Å²) < 4.78 is 15.0. The molecule has 9 heteroatoms. The van der Waals surface area contributed by atoms with Crippen LogP contribution in [0.5, 0.6) is 5.75 Å². The van der Waals surface area contributed by atoms with Gasteiger partial charge in [-0.15, -0.1) is 0 Å². The van der Waals surface area contributed by atoms with E-state index in [4.69, 9.17) is 0 Å². The average molecular weight is 492 g/mol. The van der Waals surface area contributed by atoms with Crippen LogP contribution in [0, 0.1) is 17.1 Å². The molecule has 0 spiro atoms. The van der Waals surface area contributed by atoms with Gasteiger partial charge in [0.15, 0.2) is 5.65 Å². The smallest absolute Gasteiger partial charge is 0.157 e. The van der Waals surface area contributed by atoms with Crippen molar-refractivity contribution in [2.75, 3.05) is 31.1 Å². The number of hydrogen-bond acceptors (Lipinski definition) is 7. The molecule has 0 saturated carbocycles. The molecular formula is C28H22FN7O. The minimum atomic E-state index is -0.669. The van der Waals surface area contributed by atoms with E-state index in [1.807, 2.05) is 36.4 Å². The van der Waals surface area contributed by atoms with Crippen LogP contribution in [0.25, 0.3) is 44.7 Å². The molecular weight excluding hydrogens is 469 g/mol. The van der Waals surface area contributed by atoms with Crippen LogP contribution in [0.4, 0.5) is 10.1 Å². The van der Waals surface area contributed by atoms with Gasteiger partial charge in [-0.05, 0) is 42.0 Å². The van der Waals surface area contributed by atoms with Gasteiger partial charge in [0.25, 0.3) is 0 Å². The summed E-state index contributed by atoms with van der Waals surface area (Å²) in [5.74, 6) is -0.872. The first-order chi connectivity index (χ1) is 18.1. The Hall–Kier alpha value is -4.81. The molecule has 6 rings (SSSR count). The number of anilines is 1. The largest absolute Gasteiger partial charge is 0.508 e. The fourth-order valence-electron chi connectivity index (χ4n) is 4.83.